The molecule has 0 aromatic heterocycles. The van der Waals surface area contributed by atoms with Gasteiger partial charge in [-0.1, -0.05) is 0 Å². The molecule has 0 heterocycles. The summed E-state index contributed by atoms with van der Waals surface area (Å²) in [5.41, 5.74) is 0. The Labute approximate surface area is 192 Å². The molecule has 0 bridgehead atoms. The van der Waals surface area contributed by atoms with Crippen molar-refractivity contribution in [3.63, 3.8) is 0 Å². The van der Waals surface area contributed by atoms with Gasteiger partial charge >= 0.3 is 0 Å². The van der Waals surface area contributed by atoms with Gasteiger partial charge < -0.3 is 85.9 Å². The lowest BCUT2D eigenvalue weighted by Crippen LogP contribution is -2.46. The largest absolute Gasteiger partial charge is 0.394 e. The molecule has 0 radical (unpaired) electrons. The number of hydrogen-bond donors (Lipinski definition) is 14. The fraction of sp³-hybridized carbons (Fsp3) is 0.824. The van der Waals surface area contributed by atoms with E-state index in [2.05, 4.69) is 0 Å². The number of carbonyl (C=O) groups is 3. The Balaban J connectivity index is -0.000000426. The van der Waals surface area contributed by atoms with E-state index in [4.69, 9.17) is 71.5 Å². The molecule has 34 heavy (non-hydrogen) atoms. The van der Waals surface area contributed by atoms with Crippen molar-refractivity contribution in [1.29, 1.82) is 0 Å². The Bertz CT molecular complexity index is 490. The molecule has 0 aliphatic heterocycles. The lowest BCUT2D eigenvalue weighted by Gasteiger charge is -2.22. The van der Waals surface area contributed by atoms with E-state index in [0.717, 1.165) is 0 Å². The van der Waals surface area contributed by atoms with E-state index in [1.807, 2.05) is 0 Å². The highest BCUT2D eigenvalue weighted by molar-refractivity contribution is 5.57. The molecule has 0 aliphatic carbocycles. The van der Waals surface area contributed by atoms with Crippen LogP contribution in [-0.4, -0.2) is 177 Å². The minimum Gasteiger partial charge on any atom is -0.394 e. The highest BCUT2D eigenvalue weighted by atomic mass is 16.4. The van der Waals surface area contributed by atoms with Gasteiger partial charge in [0.25, 0.3) is 0 Å². The van der Waals surface area contributed by atoms with Crippen LogP contribution in [0.5, 0.6) is 0 Å². The summed E-state index contributed by atoms with van der Waals surface area (Å²) < 4.78 is 0. The predicted molar refractivity (Wildman–Crippen MR) is 106 cm³/mol. The van der Waals surface area contributed by atoms with Crippen LogP contribution in [0.25, 0.3) is 0 Å². The second-order valence-electron chi connectivity index (χ2n) is 6.58. The van der Waals surface area contributed by atoms with Crippen molar-refractivity contribution in [2.24, 2.45) is 0 Å². The summed E-state index contributed by atoms with van der Waals surface area (Å²) in [6.07, 6.45) is -18.3. The van der Waals surface area contributed by atoms with Gasteiger partial charge in [-0.2, -0.15) is 0 Å². The zero-order valence-electron chi connectivity index (χ0n) is 17.7. The molecular weight excluding hydrogens is 476 g/mol. The summed E-state index contributed by atoms with van der Waals surface area (Å²) in [6.45, 7) is -2.21. The number of aliphatic hydroxyl groups excluding tert-OH is 14. The van der Waals surface area contributed by atoms with Crippen molar-refractivity contribution in [3.05, 3.63) is 0 Å². The van der Waals surface area contributed by atoms with Gasteiger partial charge in [-0.3, -0.25) is 0 Å². The van der Waals surface area contributed by atoms with E-state index in [0.29, 0.717) is 0 Å². The normalized spacial score (nSPS) is 20.6. The topological polar surface area (TPSA) is 334 Å². The standard InChI is InChI=1S/2C6H12O6.C5H10O5/c2*7-1-3(9)5(11)6(12)4(10)2-8;6-1-3(8)5(10)4(9)2-7/h2*1,3-6,8-12H,2H2;1,3-5,7-10H,2H2/t2*3-,4+,5+,6+;3-,4+,5-/m000/s1. The number of carbonyl (C=O) groups excluding carboxylic acids is 3. The van der Waals surface area contributed by atoms with Crippen LogP contribution in [0.4, 0.5) is 0 Å². The van der Waals surface area contributed by atoms with Crippen LogP contribution in [0.15, 0.2) is 0 Å². The van der Waals surface area contributed by atoms with E-state index in [9.17, 15) is 14.4 Å². The monoisotopic (exact) mass is 510 g/mol. The van der Waals surface area contributed by atoms with Crippen molar-refractivity contribution in [2.45, 2.75) is 67.1 Å². The van der Waals surface area contributed by atoms with Gasteiger partial charge in [-0.05, 0) is 0 Å². The van der Waals surface area contributed by atoms with Crippen molar-refractivity contribution < 1.29 is 85.9 Å². The molecule has 204 valence electrons. The highest BCUT2D eigenvalue weighted by Crippen LogP contribution is 2.04. The zero-order valence-corrected chi connectivity index (χ0v) is 17.7. The summed E-state index contributed by atoms with van der Waals surface area (Å²) in [6, 6.07) is 0. The van der Waals surface area contributed by atoms with E-state index in [1.165, 1.54) is 0 Å². The summed E-state index contributed by atoms with van der Waals surface area (Å²) in [4.78, 5) is 29.6. The van der Waals surface area contributed by atoms with E-state index >= 15 is 0 Å². The first kappa shape index (κ1) is 37.0. The molecular formula is C17H34O17. The number of rotatable bonds is 14. The molecule has 0 aliphatic rings. The molecule has 0 saturated carbocycles. The second kappa shape index (κ2) is 20.8. The maximum absolute atomic E-state index is 9.90. The fourth-order valence-corrected chi connectivity index (χ4v) is 1.65. The van der Waals surface area contributed by atoms with Crippen LogP contribution in [0.2, 0.25) is 0 Å². The Morgan fingerprint density at radius 3 is 0.794 bits per heavy atom. The van der Waals surface area contributed by atoms with Crippen LogP contribution in [0, 0.1) is 0 Å². The third-order valence-corrected chi connectivity index (χ3v) is 3.91. The van der Waals surface area contributed by atoms with E-state index in [1.54, 1.807) is 0 Å². The molecule has 14 N–H and O–H groups in total. The maximum Gasteiger partial charge on any atom is 0.151 e. The quantitative estimate of drug-likeness (QED) is 0.0964. The first-order chi connectivity index (χ1) is 15.7. The number of aldehydes is 3. The average molecular weight is 510 g/mol. The first-order valence-corrected chi connectivity index (χ1v) is 9.39. The lowest BCUT2D eigenvalue weighted by molar-refractivity contribution is -0.136. The Kier molecular flexibility index (Phi) is 22.6. The fourth-order valence-electron chi connectivity index (χ4n) is 1.65. The molecule has 0 spiro atoms. The van der Waals surface area contributed by atoms with Gasteiger partial charge in [0, 0.05) is 0 Å². The van der Waals surface area contributed by atoms with Crippen molar-refractivity contribution in [3.8, 4) is 0 Å². The molecule has 0 unspecified atom stereocenters. The predicted octanol–water partition coefficient (Wildman–Crippen LogP) is -9.50. The van der Waals surface area contributed by atoms with Crippen molar-refractivity contribution >= 4 is 18.9 Å². The molecule has 0 saturated heterocycles. The number of aliphatic hydroxyl groups is 14. The third kappa shape index (κ3) is 14.7. The molecule has 0 amide bonds. The molecule has 0 fully saturated rings. The van der Waals surface area contributed by atoms with Crippen LogP contribution < -0.4 is 0 Å². The van der Waals surface area contributed by atoms with Crippen molar-refractivity contribution in [2.75, 3.05) is 19.8 Å². The van der Waals surface area contributed by atoms with Crippen LogP contribution >= 0.6 is 0 Å². The van der Waals surface area contributed by atoms with Crippen molar-refractivity contribution in [1.82, 2.24) is 0 Å². The van der Waals surface area contributed by atoms with Gasteiger partial charge in [0.2, 0.25) is 0 Å². The number of hydrogen-bond acceptors (Lipinski definition) is 17. The van der Waals surface area contributed by atoms with Gasteiger partial charge in [0.05, 0.1) is 19.8 Å². The molecule has 0 aromatic carbocycles. The molecule has 0 aromatic rings. The summed E-state index contributed by atoms with van der Waals surface area (Å²) in [5.74, 6) is 0. The zero-order chi connectivity index (χ0) is 27.6. The third-order valence-electron chi connectivity index (χ3n) is 3.91. The minimum atomic E-state index is -1.79. The first-order valence-electron chi connectivity index (χ1n) is 9.39. The molecule has 0 rings (SSSR count). The van der Waals surface area contributed by atoms with Gasteiger partial charge in [0.15, 0.2) is 18.9 Å². The lowest BCUT2D eigenvalue weighted by atomic mass is 10.0. The second-order valence-corrected chi connectivity index (χ2v) is 6.58. The average Bonchev–Trinajstić information content (AvgIpc) is 2.88. The summed E-state index contributed by atoms with van der Waals surface area (Å²) in [5, 5.41) is 121. The summed E-state index contributed by atoms with van der Waals surface area (Å²) in [7, 11) is 0. The highest BCUT2D eigenvalue weighted by Gasteiger charge is 2.30. The van der Waals surface area contributed by atoms with Crippen LogP contribution in [0.3, 0.4) is 0 Å². The minimum absolute atomic E-state index is 0.0258. The van der Waals surface area contributed by atoms with Gasteiger partial charge in [-0.25, -0.2) is 0 Å². The Morgan fingerprint density at radius 1 is 0.382 bits per heavy atom. The molecule has 17 nitrogen and oxygen atoms in total. The maximum atomic E-state index is 9.90. The summed E-state index contributed by atoms with van der Waals surface area (Å²) >= 11 is 0. The van der Waals surface area contributed by atoms with Crippen LogP contribution in [-0.2, 0) is 14.4 Å². The van der Waals surface area contributed by atoms with E-state index < -0.39 is 87.0 Å². The molecule has 17 heteroatoms. The van der Waals surface area contributed by atoms with Gasteiger partial charge in [-0.15, -0.1) is 0 Å². The Morgan fingerprint density at radius 2 is 0.588 bits per heavy atom. The van der Waals surface area contributed by atoms with E-state index in [-0.39, 0.29) is 18.9 Å². The SMILES string of the molecule is O=C[C@H](O)[C@@H](O)[C@H](O)[C@H](O)CO.O=C[C@H](O)[C@@H](O)[C@H](O)[C@H](O)CO.O=C[C@H](O)[C@H](O)[C@H](O)CO. The van der Waals surface area contributed by atoms with Crippen LogP contribution in [0.1, 0.15) is 0 Å². The molecule has 11 atom stereocenters. The smallest absolute Gasteiger partial charge is 0.151 e. The Hall–Kier alpha value is -1.55. The van der Waals surface area contributed by atoms with Gasteiger partial charge in [0.1, 0.15) is 67.1 Å².